The molecule has 0 unspecified atom stereocenters. The molecule has 0 bridgehead atoms. The molecule has 4 nitrogen and oxygen atoms in total. The van der Waals surface area contributed by atoms with Crippen LogP contribution in [-0.2, 0) is 0 Å². The second-order valence-corrected chi connectivity index (χ2v) is 3.87. The summed E-state index contributed by atoms with van der Waals surface area (Å²) in [5.74, 6) is 1.97. The smallest absolute Gasteiger partial charge is 0.152 e. The van der Waals surface area contributed by atoms with Gasteiger partial charge in [0, 0.05) is 12.6 Å². The molecule has 2 rings (SSSR count). The average molecular weight is 217 g/mol. The third-order valence-electron chi connectivity index (χ3n) is 2.45. The van der Waals surface area contributed by atoms with Gasteiger partial charge in [0.15, 0.2) is 5.76 Å². The van der Waals surface area contributed by atoms with E-state index in [1.807, 2.05) is 19.2 Å². The maximum atomic E-state index is 5.39. The van der Waals surface area contributed by atoms with Crippen LogP contribution in [0.2, 0.25) is 0 Å². The van der Waals surface area contributed by atoms with Gasteiger partial charge < -0.3 is 9.73 Å². The van der Waals surface area contributed by atoms with E-state index < -0.39 is 0 Å². The number of nitrogens with one attached hydrogen (secondary N) is 1. The number of anilines is 1. The lowest BCUT2D eigenvalue weighted by Crippen LogP contribution is -2.04. The Morgan fingerprint density at radius 3 is 2.69 bits per heavy atom. The number of hydrogen-bond acceptors (Lipinski definition) is 4. The van der Waals surface area contributed by atoms with Crippen molar-refractivity contribution in [2.75, 3.05) is 12.4 Å². The van der Waals surface area contributed by atoms with Gasteiger partial charge in [-0.15, -0.1) is 0 Å². The van der Waals surface area contributed by atoms with Crippen LogP contribution in [0.4, 0.5) is 5.82 Å². The summed E-state index contributed by atoms with van der Waals surface area (Å²) >= 11 is 0. The number of aromatic nitrogens is 2. The second-order valence-electron chi connectivity index (χ2n) is 3.87. The van der Waals surface area contributed by atoms with E-state index in [4.69, 9.17) is 4.42 Å². The molecule has 0 radical (unpaired) electrons. The predicted octanol–water partition coefficient (Wildman–Crippen LogP) is 2.90. The highest BCUT2D eigenvalue weighted by molar-refractivity contribution is 5.65. The zero-order valence-corrected chi connectivity index (χ0v) is 9.69. The first-order valence-electron chi connectivity index (χ1n) is 5.30. The summed E-state index contributed by atoms with van der Waals surface area (Å²) in [5.41, 5.74) is 1.94. The van der Waals surface area contributed by atoms with Crippen molar-refractivity contribution in [3.8, 4) is 11.5 Å². The van der Waals surface area contributed by atoms with Crippen LogP contribution in [0.15, 0.2) is 29.1 Å². The van der Waals surface area contributed by atoms with Gasteiger partial charge in [-0.1, -0.05) is 13.8 Å². The third kappa shape index (κ3) is 1.78. The van der Waals surface area contributed by atoms with Crippen molar-refractivity contribution in [3.63, 3.8) is 0 Å². The standard InChI is InChI=1S/C12H15N3O/c1-8(2)10-11(9-5-4-6-16-9)14-7-15-12(10)13-3/h4-8H,1-3H3,(H,13,14,15). The molecule has 0 amide bonds. The molecule has 0 spiro atoms. The van der Waals surface area contributed by atoms with Crippen LogP contribution in [0.5, 0.6) is 0 Å². The van der Waals surface area contributed by atoms with E-state index in [9.17, 15) is 0 Å². The minimum atomic E-state index is 0.337. The van der Waals surface area contributed by atoms with Crippen molar-refractivity contribution in [2.24, 2.45) is 0 Å². The highest BCUT2D eigenvalue weighted by atomic mass is 16.3. The summed E-state index contributed by atoms with van der Waals surface area (Å²) in [6.45, 7) is 4.23. The quantitative estimate of drug-likeness (QED) is 0.858. The Balaban J connectivity index is 2.61. The topological polar surface area (TPSA) is 51.0 Å². The van der Waals surface area contributed by atoms with Gasteiger partial charge in [0.1, 0.15) is 17.8 Å². The molecule has 4 heteroatoms. The van der Waals surface area contributed by atoms with E-state index >= 15 is 0 Å². The lowest BCUT2D eigenvalue weighted by Gasteiger charge is -2.13. The summed E-state index contributed by atoms with van der Waals surface area (Å²) in [6, 6.07) is 3.77. The first-order valence-corrected chi connectivity index (χ1v) is 5.30. The van der Waals surface area contributed by atoms with Gasteiger partial charge in [-0.05, 0) is 18.1 Å². The van der Waals surface area contributed by atoms with Crippen LogP contribution >= 0.6 is 0 Å². The van der Waals surface area contributed by atoms with Crippen LogP contribution in [0, 0.1) is 0 Å². The molecular weight excluding hydrogens is 202 g/mol. The zero-order chi connectivity index (χ0) is 11.5. The van der Waals surface area contributed by atoms with Crippen molar-refractivity contribution in [3.05, 3.63) is 30.3 Å². The number of nitrogens with zero attached hydrogens (tertiary/aromatic N) is 2. The fraction of sp³-hybridized carbons (Fsp3) is 0.333. The highest BCUT2D eigenvalue weighted by Gasteiger charge is 2.16. The monoisotopic (exact) mass is 217 g/mol. The normalized spacial score (nSPS) is 10.8. The minimum Gasteiger partial charge on any atom is -0.463 e. The molecule has 0 saturated heterocycles. The van der Waals surface area contributed by atoms with Gasteiger partial charge >= 0.3 is 0 Å². The Hall–Kier alpha value is -1.84. The van der Waals surface area contributed by atoms with Crippen LogP contribution in [0.3, 0.4) is 0 Å². The summed E-state index contributed by atoms with van der Waals surface area (Å²) in [6.07, 6.45) is 3.20. The van der Waals surface area contributed by atoms with Crippen LogP contribution in [-0.4, -0.2) is 17.0 Å². The Kier molecular flexibility index (Phi) is 2.90. The number of rotatable bonds is 3. The molecular formula is C12H15N3O. The first-order chi connectivity index (χ1) is 7.74. The first kappa shape index (κ1) is 10.7. The lowest BCUT2D eigenvalue weighted by molar-refractivity contribution is 0.578. The molecule has 16 heavy (non-hydrogen) atoms. The van der Waals surface area contributed by atoms with Crippen LogP contribution in [0.1, 0.15) is 25.3 Å². The highest BCUT2D eigenvalue weighted by Crippen LogP contribution is 2.31. The lowest BCUT2D eigenvalue weighted by atomic mass is 10.0. The molecule has 0 aromatic carbocycles. The van der Waals surface area contributed by atoms with Crippen molar-refractivity contribution in [2.45, 2.75) is 19.8 Å². The molecule has 0 atom stereocenters. The molecule has 0 fully saturated rings. The Labute approximate surface area is 94.7 Å². The van der Waals surface area contributed by atoms with Crippen molar-refractivity contribution >= 4 is 5.82 Å². The molecule has 1 N–H and O–H groups in total. The van der Waals surface area contributed by atoms with E-state index in [0.29, 0.717) is 5.92 Å². The molecule has 0 aliphatic heterocycles. The summed E-state index contributed by atoms with van der Waals surface area (Å²) < 4.78 is 5.39. The fourth-order valence-corrected chi connectivity index (χ4v) is 1.75. The summed E-state index contributed by atoms with van der Waals surface area (Å²) in [5, 5.41) is 3.09. The van der Waals surface area contributed by atoms with E-state index in [0.717, 1.165) is 22.8 Å². The van der Waals surface area contributed by atoms with Crippen molar-refractivity contribution in [1.82, 2.24) is 9.97 Å². The largest absolute Gasteiger partial charge is 0.463 e. The molecule has 84 valence electrons. The molecule has 0 saturated carbocycles. The van der Waals surface area contributed by atoms with Gasteiger partial charge in [0.05, 0.1) is 6.26 Å². The van der Waals surface area contributed by atoms with Crippen molar-refractivity contribution < 1.29 is 4.42 Å². The zero-order valence-electron chi connectivity index (χ0n) is 9.69. The van der Waals surface area contributed by atoms with Gasteiger partial charge in [-0.25, -0.2) is 9.97 Å². The maximum absolute atomic E-state index is 5.39. The second kappa shape index (κ2) is 4.35. The van der Waals surface area contributed by atoms with Gasteiger partial charge in [-0.3, -0.25) is 0 Å². The molecule has 2 aromatic rings. The van der Waals surface area contributed by atoms with E-state index in [2.05, 4.69) is 29.1 Å². The predicted molar refractivity (Wildman–Crippen MR) is 63.4 cm³/mol. The number of hydrogen-bond donors (Lipinski definition) is 1. The summed E-state index contributed by atoms with van der Waals surface area (Å²) in [4.78, 5) is 8.53. The summed E-state index contributed by atoms with van der Waals surface area (Å²) in [7, 11) is 1.86. The van der Waals surface area contributed by atoms with Gasteiger partial charge in [0.2, 0.25) is 0 Å². The van der Waals surface area contributed by atoms with E-state index in [1.54, 1.807) is 12.6 Å². The van der Waals surface area contributed by atoms with E-state index in [-0.39, 0.29) is 0 Å². The maximum Gasteiger partial charge on any atom is 0.152 e. The van der Waals surface area contributed by atoms with Gasteiger partial charge in [0.25, 0.3) is 0 Å². The third-order valence-corrected chi connectivity index (χ3v) is 2.45. The molecule has 2 heterocycles. The van der Waals surface area contributed by atoms with E-state index in [1.165, 1.54) is 0 Å². The molecule has 2 aromatic heterocycles. The van der Waals surface area contributed by atoms with Crippen LogP contribution < -0.4 is 5.32 Å². The Bertz CT molecular complexity index is 463. The van der Waals surface area contributed by atoms with Crippen LogP contribution in [0.25, 0.3) is 11.5 Å². The SMILES string of the molecule is CNc1ncnc(-c2ccco2)c1C(C)C. The number of furan rings is 1. The fourth-order valence-electron chi connectivity index (χ4n) is 1.75. The average Bonchev–Trinajstić information content (AvgIpc) is 2.81. The Morgan fingerprint density at radius 1 is 1.31 bits per heavy atom. The minimum absolute atomic E-state index is 0.337. The molecule has 0 aliphatic carbocycles. The van der Waals surface area contributed by atoms with Crippen molar-refractivity contribution in [1.29, 1.82) is 0 Å². The van der Waals surface area contributed by atoms with Gasteiger partial charge in [-0.2, -0.15) is 0 Å². The molecule has 0 aliphatic rings. The Morgan fingerprint density at radius 2 is 2.12 bits per heavy atom.